The summed E-state index contributed by atoms with van der Waals surface area (Å²) in [7, 11) is 0. The molecule has 0 spiro atoms. The van der Waals surface area contributed by atoms with Gasteiger partial charge in [0.25, 0.3) is 0 Å². The Labute approximate surface area is 161 Å². The average Bonchev–Trinajstić information content (AvgIpc) is 2.67. The molecule has 0 bridgehead atoms. The monoisotopic (exact) mass is 389 g/mol. The summed E-state index contributed by atoms with van der Waals surface area (Å²) in [6.07, 6.45) is -3.16. The van der Waals surface area contributed by atoms with Gasteiger partial charge in [0, 0.05) is 29.4 Å². The van der Waals surface area contributed by atoms with Gasteiger partial charge in [-0.2, -0.15) is 13.2 Å². The van der Waals surface area contributed by atoms with Gasteiger partial charge in [0.05, 0.1) is 16.8 Å². The highest BCUT2D eigenvalue weighted by molar-refractivity contribution is 5.95. The Hall–Kier alpha value is -2.80. The molecule has 0 unspecified atom stereocenters. The van der Waals surface area contributed by atoms with Crippen LogP contribution in [0.2, 0.25) is 0 Å². The lowest BCUT2D eigenvalue weighted by atomic mass is 10.1. The molecule has 148 valence electrons. The summed E-state index contributed by atoms with van der Waals surface area (Å²) in [5, 5.41) is 14.1. The minimum absolute atomic E-state index is 0.0892. The maximum Gasteiger partial charge on any atom is 0.418 e. The number of phenolic OH excluding ortho intramolecular Hbond substituents is 1. The molecule has 0 fully saturated rings. The smallest absolute Gasteiger partial charge is 0.418 e. The van der Waals surface area contributed by atoms with Crippen molar-refractivity contribution in [2.75, 3.05) is 18.4 Å². The number of aromatic nitrogens is 1. The number of alkyl halides is 3. The van der Waals surface area contributed by atoms with Crippen molar-refractivity contribution >= 4 is 22.3 Å². The molecular formula is C21H22F3N3O. The fourth-order valence-electron chi connectivity index (χ4n) is 3.17. The van der Waals surface area contributed by atoms with Gasteiger partial charge in [0.15, 0.2) is 0 Å². The number of phenols is 1. The SMILES string of the molecule is CCN(CC)Cc1cccc(Nc2ccnc3c(C(F)(F)F)cccc23)c1O. The van der Waals surface area contributed by atoms with E-state index < -0.39 is 11.7 Å². The summed E-state index contributed by atoms with van der Waals surface area (Å²) >= 11 is 0. The Morgan fingerprint density at radius 2 is 1.71 bits per heavy atom. The van der Waals surface area contributed by atoms with E-state index in [0.29, 0.717) is 23.3 Å². The Morgan fingerprint density at radius 3 is 2.39 bits per heavy atom. The van der Waals surface area contributed by atoms with E-state index in [4.69, 9.17) is 0 Å². The van der Waals surface area contributed by atoms with Crippen molar-refractivity contribution in [3.63, 3.8) is 0 Å². The summed E-state index contributed by atoms with van der Waals surface area (Å²) in [4.78, 5) is 6.09. The molecule has 3 aromatic rings. The van der Waals surface area contributed by atoms with Crippen LogP contribution in [0.5, 0.6) is 5.75 Å². The predicted octanol–water partition coefficient (Wildman–Crippen LogP) is 5.54. The maximum atomic E-state index is 13.3. The van der Waals surface area contributed by atoms with Crippen LogP contribution in [0.3, 0.4) is 0 Å². The van der Waals surface area contributed by atoms with E-state index >= 15 is 0 Å². The topological polar surface area (TPSA) is 48.4 Å². The van der Waals surface area contributed by atoms with Gasteiger partial charge < -0.3 is 10.4 Å². The van der Waals surface area contributed by atoms with Crippen LogP contribution >= 0.6 is 0 Å². The largest absolute Gasteiger partial charge is 0.505 e. The van der Waals surface area contributed by atoms with E-state index in [1.807, 2.05) is 26.0 Å². The molecule has 7 heteroatoms. The second-order valence-corrected chi connectivity index (χ2v) is 6.46. The highest BCUT2D eigenvalue weighted by Crippen LogP contribution is 2.37. The summed E-state index contributed by atoms with van der Waals surface area (Å²) in [5.74, 6) is 0.0892. The van der Waals surface area contributed by atoms with E-state index in [0.717, 1.165) is 24.7 Å². The number of para-hydroxylation sites is 2. The molecule has 0 aliphatic rings. The quantitative estimate of drug-likeness (QED) is 0.543. The van der Waals surface area contributed by atoms with Gasteiger partial charge in [-0.1, -0.05) is 38.1 Å². The zero-order valence-corrected chi connectivity index (χ0v) is 15.7. The van der Waals surface area contributed by atoms with Crippen molar-refractivity contribution in [2.24, 2.45) is 0 Å². The van der Waals surface area contributed by atoms with Crippen molar-refractivity contribution < 1.29 is 18.3 Å². The molecule has 0 aliphatic carbocycles. The molecule has 3 rings (SSSR count). The highest BCUT2D eigenvalue weighted by atomic mass is 19.4. The molecule has 0 radical (unpaired) electrons. The molecule has 1 aromatic heterocycles. The second kappa shape index (κ2) is 8.06. The normalized spacial score (nSPS) is 11.9. The van der Waals surface area contributed by atoms with Crippen LogP contribution in [0, 0.1) is 0 Å². The third-order valence-corrected chi connectivity index (χ3v) is 4.75. The molecule has 2 aromatic carbocycles. The number of aromatic hydroxyl groups is 1. The molecule has 28 heavy (non-hydrogen) atoms. The van der Waals surface area contributed by atoms with Crippen molar-refractivity contribution in [3.8, 4) is 5.75 Å². The Morgan fingerprint density at radius 1 is 1.00 bits per heavy atom. The first-order chi connectivity index (χ1) is 13.3. The summed E-state index contributed by atoms with van der Waals surface area (Å²) < 4.78 is 39.8. The zero-order valence-electron chi connectivity index (χ0n) is 15.7. The van der Waals surface area contributed by atoms with Gasteiger partial charge in [-0.3, -0.25) is 9.88 Å². The molecule has 4 nitrogen and oxygen atoms in total. The number of nitrogens with zero attached hydrogens (tertiary/aromatic N) is 2. The number of benzene rings is 2. The Kier molecular flexibility index (Phi) is 5.74. The third kappa shape index (κ3) is 4.04. The van der Waals surface area contributed by atoms with Crippen molar-refractivity contribution in [1.29, 1.82) is 0 Å². The van der Waals surface area contributed by atoms with Crippen molar-refractivity contribution in [3.05, 3.63) is 59.8 Å². The molecule has 0 aliphatic heterocycles. The van der Waals surface area contributed by atoms with Gasteiger partial charge >= 0.3 is 6.18 Å². The minimum Gasteiger partial charge on any atom is -0.505 e. The molecule has 1 heterocycles. The molecule has 0 saturated heterocycles. The van der Waals surface area contributed by atoms with Crippen LogP contribution in [-0.2, 0) is 12.7 Å². The molecule has 0 amide bonds. The van der Waals surface area contributed by atoms with Crippen LogP contribution in [0.15, 0.2) is 48.7 Å². The number of rotatable bonds is 6. The fourth-order valence-corrected chi connectivity index (χ4v) is 3.17. The van der Waals surface area contributed by atoms with E-state index in [9.17, 15) is 18.3 Å². The van der Waals surface area contributed by atoms with Gasteiger partial charge in [0.1, 0.15) is 5.75 Å². The van der Waals surface area contributed by atoms with E-state index in [1.165, 1.54) is 12.3 Å². The lowest BCUT2D eigenvalue weighted by Crippen LogP contribution is -2.22. The average molecular weight is 389 g/mol. The van der Waals surface area contributed by atoms with Crippen LogP contribution in [0.1, 0.15) is 25.0 Å². The van der Waals surface area contributed by atoms with Gasteiger partial charge in [-0.25, -0.2) is 0 Å². The molecular weight excluding hydrogens is 367 g/mol. The maximum absolute atomic E-state index is 13.3. The highest BCUT2D eigenvalue weighted by Gasteiger charge is 2.33. The first-order valence-corrected chi connectivity index (χ1v) is 9.10. The van der Waals surface area contributed by atoms with E-state index in [-0.39, 0.29) is 11.3 Å². The summed E-state index contributed by atoms with van der Waals surface area (Å²) in [6.45, 7) is 6.38. The Bertz CT molecular complexity index is 969. The van der Waals surface area contributed by atoms with Crippen LogP contribution in [0.4, 0.5) is 24.5 Å². The van der Waals surface area contributed by atoms with E-state index in [1.54, 1.807) is 18.2 Å². The van der Waals surface area contributed by atoms with Gasteiger partial charge in [0.2, 0.25) is 0 Å². The first kappa shape index (κ1) is 19.9. The fraction of sp³-hybridized carbons (Fsp3) is 0.286. The van der Waals surface area contributed by atoms with Crippen LogP contribution in [-0.4, -0.2) is 28.1 Å². The van der Waals surface area contributed by atoms with Crippen LogP contribution < -0.4 is 5.32 Å². The molecule has 0 atom stereocenters. The zero-order chi connectivity index (χ0) is 20.3. The van der Waals surface area contributed by atoms with Gasteiger partial charge in [-0.05, 0) is 31.3 Å². The van der Waals surface area contributed by atoms with Crippen molar-refractivity contribution in [1.82, 2.24) is 9.88 Å². The van der Waals surface area contributed by atoms with Gasteiger partial charge in [-0.15, -0.1) is 0 Å². The Balaban J connectivity index is 2.00. The third-order valence-electron chi connectivity index (χ3n) is 4.75. The second-order valence-electron chi connectivity index (χ2n) is 6.46. The first-order valence-electron chi connectivity index (χ1n) is 9.10. The lowest BCUT2D eigenvalue weighted by Gasteiger charge is -2.20. The predicted molar refractivity (Wildman–Crippen MR) is 105 cm³/mol. The number of pyridine rings is 1. The van der Waals surface area contributed by atoms with Crippen molar-refractivity contribution in [2.45, 2.75) is 26.6 Å². The number of fused-ring (bicyclic) bond motifs is 1. The standard InChI is InChI=1S/C21H22F3N3O/c1-3-27(4-2)13-14-7-5-10-18(20(14)28)26-17-11-12-25-19-15(17)8-6-9-16(19)21(22,23)24/h5-12,28H,3-4,13H2,1-2H3,(H,25,26). The number of nitrogens with one attached hydrogen (secondary N) is 1. The number of hydrogen-bond acceptors (Lipinski definition) is 4. The minimum atomic E-state index is -4.49. The van der Waals surface area contributed by atoms with Crippen LogP contribution in [0.25, 0.3) is 10.9 Å². The number of halogens is 3. The molecule has 2 N–H and O–H groups in total. The summed E-state index contributed by atoms with van der Waals surface area (Å²) in [6, 6.07) is 10.9. The number of hydrogen-bond donors (Lipinski definition) is 2. The van der Waals surface area contributed by atoms with E-state index in [2.05, 4.69) is 15.2 Å². The summed E-state index contributed by atoms with van der Waals surface area (Å²) in [5.41, 5.74) is 0.732. The molecule has 0 saturated carbocycles. The number of anilines is 2. The lowest BCUT2D eigenvalue weighted by molar-refractivity contribution is -0.136.